The van der Waals surface area contributed by atoms with Crippen LogP contribution < -0.4 is 0 Å². The zero-order chi connectivity index (χ0) is 29.0. The molecule has 0 saturated carbocycles. The third kappa shape index (κ3) is 6.15. The molecule has 2 aromatic rings. The van der Waals surface area contributed by atoms with E-state index < -0.39 is 72.6 Å². The number of Topliss-reactive ketones (excluding diaryl/α,β-unsaturated/α-hetero) is 1. The summed E-state index contributed by atoms with van der Waals surface area (Å²) in [6, 6.07) is 14.2. The summed E-state index contributed by atoms with van der Waals surface area (Å²) in [6.45, 7) is 2.79. The van der Waals surface area contributed by atoms with Crippen LogP contribution in [0.5, 0.6) is 0 Å². The number of hydrogen-bond donors (Lipinski definition) is 0. The molecule has 2 aromatic carbocycles. The van der Waals surface area contributed by atoms with E-state index in [9.17, 15) is 28.8 Å². The monoisotopic (exact) mass is 550 g/mol. The summed E-state index contributed by atoms with van der Waals surface area (Å²) in [5, 5.41) is 0. The fourth-order valence-corrected chi connectivity index (χ4v) is 4.64. The number of allylic oxidation sites excluding steroid dienone is 1. The van der Waals surface area contributed by atoms with Crippen LogP contribution in [0, 0.1) is 0 Å². The molecule has 208 valence electrons. The van der Waals surface area contributed by atoms with Crippen molar-refractivity contribution in [1.29, 1.82) is 0 Å². The Kier molecular flexibility index (Phi) is 8.54. The van der Waals surface area contributed by atoms with Crippen LogP contribution in [-0.2, 0) is 38.1 Å². The van der Waals surface area contributed by atoms with Gasteiger partial charge in [-0.2, -0.15) is 0 Å². The number of benzene rings is 2. The van der Waals surface area contributed by atoms with Gasteiger partial charge in [-0.3, -0.25) is 24.0 Å². The number of hydrogen-bond acceptors (Lipinski definition) is 11. The lowest BCUT2D eigenvalue weighted by Gasteiger charge is -2.45. The van der Waals surface area contributed by atoms with Gasteiger partial charge >= 0.3 is 23.9 Å². The lowest BCUT2D eigenvalue weighted by molar-refractivity contribution is -0.244. The first-order valence-corrected chi connectivity index (χ1v) is 12.4. The third-order valence-electron chi connectivity index (χ3n) is 6.22. The number of ether oxygens (including phenoxy) is 5. The van der Waals surface area contributed by atoms with E-state index in [0.717, 1.165) is 26.8 Å². The highest BCUT2D eigenvalue weighted by Crippen LogP contribution is 2.35. The van der Waals surface area contributed by atoms with Gasteiger partial charge in [-0.05, 0) is 18.2 Å². The topological polar surface area (TPSA) is 149 Å². The summed E-state index contributed by atoms with van der Waals surface area (Å²) < 4.78 is 27.9. The lowest BCUT2D eigenvalue weighted by atomic mass is 9.82. The van der Waals surface area contributed by atoms with Gasteiger partial charge in [-0.15, -0.1) is 0 Å². The minimum Gasteiger partial charge on any atom is -0.459 e. The Hall–Kier alpha value is -4.64. The van der Waals surface area contributed by atoms with Gasteiger partial charge in [0.25, 0.3) is 0 Å². The molecular formula is C29H26O11. The van der Waals surface area contributed by atoms with E-state index in [0.29, 0.717) is 0 Å². The summed E-state index contributed by atoms with van der Waals surface area (Å²) in [5.41, 5.74) is 0.348. The zero-order valence-electron chi connectivity index (χ0n) is 21.9. The summed E-state index contributed by atoms with van der Waals surface area (Å²) >= 11 is 0. The summed E-state index contributed by atoms with van der Waals surface area (Å²) in [6.07, 6.45) is -6.07. The van der Waals surface area contributed by atoms with Crippen molar-refractivity contribution >= 4 is 35.4 Å². The maximum atomic E-state index is 13.5. The van der Waals surface area contributed by atoms with Crippen molar-refractivity contribution in [3.05, 3.63) is 82.9 Å². The number of fused-ring (bicyclic) bond motifs is 1. The average molecular weight is 551 g/mol. The Labute approximate surface area is 229 Å². The van der Waals surface area contributed by atoms with Gasteiger partial charge in [0.1, 0.15) is 18.8 Å². The van der Waals surface area contributed by atoms with Crippen LogP contribution in [0.4, 0.5) is 0 Å². The van der Waals surface area contributed by atoms with Crippen LogP contribution in [0.25, 0.3) is 0 Å². The first-order valence-electron chi connectivity index (χ1n) is 12.4. The fourth-order valence-electron chi connectivity index (χ4n) is 4.64. The lowest BCUT2D eigenvalue weighted by Crippen LogP contribution is -2.63. The molecule has 0 amide bonds. The molecule has 0 aromatic heterocycles. The molecule has 0 spiro atoms. The third-order valence-corrected chi connectivity index (χ3v) is 6.22. The highest BCUT2D eigenvalue weighted by Gasteiger charge is 2.54. The van der Waals surface area contributed by atoms with Crippen molar-refractivity contribution < 1.29 is 52.5 Å². The predicted octanol–water partition coefficient (Wildman–Crippen LogP) is 2.41. The highest BCUT2D eigenvalue weighted by atomic mass is 16.7. The Morgan fingerprint density at radius 1 is 0.725 bits per heavy atom. The van der Waals surface area contributed by atoms with Crippen LogP contribution in [0.2, 0.25) is 0 Å². The Morgan fingerprint density at radius 2 is 1.27 bits per heavy atom. The second kappa shape index (κ2) is 12.0. The quantitative estimate of drug-likeness (QED) is 0.370. The first kappa shape index (κ1) is 28.4. The van der Waals surface area contributed by atoms with E-state index in [1.807, 2.05) is 0 Å². The highest BCUT2D eigenvalue weighted by molar-refractivity contribution is 6.25. The van der Waals surface area contributed by atoms with E-state index in [1.165, 1.54) is 24.3 Å². The van der Waals surface area contributed by atoms with E-state index in [1.54, 1.807) is 30.3 Å². The maximum absolute atomic E-state index is 13.5. The molecule has 11 heteroatoms. The smallest absolute Gasteiger partial charge is 0.338 e. The molecule has 4 rings (SSSR count). The van der Waals surface area contributed by atoms with Crippen molar-refractivity contribution in [1.82, 2.24) is 0 Å². The van der Waals surface area contributed by atoms with Gasteiger partial charge in [-0.25, -0.2) is 4.79 Å². The van der Waals surface area contributed by atoms with E-state index in [4.69, 9.17) is 23.7 Å². The van der Waals surface area contributed by atoms with Gasteiger partial charge < -0.3 is 23.7 Å². The minimum absolute atomic E-state index is 0.105. The van der Waals surface area contributed by atoms with Crippen LogP contribution in [-0.4, -0.2) is 72.6 Å². The standard InChI is InChI=1S/C29H26O11/c1-15(30)37-26-23(14-36-29(35)18-9-5-4-6-10-18)40-25(27(38-16(2)31)28(26)39-17(3)32)21-13-22(33)19-11-7-8-12-20(19)24(21)34/h4-13,23,25-28H,14H2,1-3H3/t23-,25+,26+,27+,28+/m1/s1. The zero-order valence-corrected chi connectivity index (χ0v) is 21.9. The van der Waals surface area contributed by atoms with Crippen molar-refractivity contribution in [2.45, 2.75) is 51.3 Å². The molecule has 1 heterocycles. The largest absolute Gasteiger partial charge is 0.459 e. The summed E-state index contributed by atoms with van der Waals surface area (Å²) in [7, 11) is 0. The second-order valence-corrected chi connectivity index (χ2v) is 9.12. The second-order valence-electron chi connectivity index (χ2n) is 9.12. The molecule has 5 atom stereocenters. The Balaban J connectivity index is 1.75. The van der Waals surface area contributed by atoms with Crippen molar-refractivity contribution in [3.8, 4) is 0 Å². The molecule has 1 aliphatic carbocycles. The number of carbonyl (C=O) groups is 6. The van der Waals surface area contributed by atoms with Crippen LogP contribution in [0.3, 0.4) is 0 Å². The molecular weight excluding hydrogens is 524 g/mol. The van der Waals surface area contributed by atoms with Gasteiger partial charge in [0.15, 0.2) is 29.9 Å². The number of rotatable bonds is 7. The average Bonchev–Trinajstić information content (AvgIpc) is 2.91. The molecule has 0 radical (unpaired) electrons. The fraction of sp³-hybridized carbons (Fsp3) is 0.310. The van der Waals surface area contributed by atoms with Crippen molar-refractivity contribution in [2.24, 2.45) is 0 Å². The Bertz CT molecular complexity index is 1380. The van der Waals surface area contributed by atoms with Gasteiger partial charge in [0.05, 0.1) is 5.56 Å². The Morgan fingerprint density at radius 3 is 1.90 bits per heavy atom. The molecule has 0 N–H and O–H groups in total. The van der Waals surface area contributed by atoms with Crippen molar-refractivity contribution in [2.75, 3.05) is 6.61 Å². The van der Waals surface area contributed by atoms with Crippen molar-refractivity contribution in [3.63, 3.8) is 0 Å². The van der Waals surface area contributed by atoms with E-state index in [2.05, 4.69) is 0 Å². The molecule has 2 aliphatic rings. The normalized spacial score (nSPS) is 23.8. The molecule has 1 saturated heterocycles. The van der Waals surface area contributed by atoms with Gasteiger partial charge in [-0.1, -0.05) is 42.5 Å². The number of ketones is 2. The molecule has 40 heavy (non-hydrogen) atoms. The van der Waals surface area contributed by atoms with E-state index >= 15 is 0 Å². The number of carbonyl (C=O) groups excluding carboxylic acids is 6. The van der Waals surface area contributed by atoms with Crippen LogP contribution in [0.15, 0.2) is 66.2 Å². The van der Waals surface area contributed by atoms with Gasteiger partial charge in [0.2, 0.25) is 0 Å². The molecule has 0 unspecified atom stereocenters. The minimum atomic E-state index is -1.50. The molecule has 1 aliphatic heterocycles. The maximum Gasteiger partial charge on any atom is 0.338 e. The molecule has 0 bridgehead atoms. The molecule has 11 nitrogen and oxygen atoms in total. The predicted molar refractivity (Wildman–Crippen MR) is 135 cm³/mol. The van der Waals surface area contributed by atoms with Gasteiger partial charge in [0, 0.05) is 37.5 Å². The molecule has 1 fully saturated rings. The van der Waals surface area contributed by atoms with Crippen LogP contribution in [0.1, 0.15) is 51.8 Å². The first-order chi connectivity index (χ1) is 19.1. The van der Waals surface area contributed by atoms with E-state index in [-0.39, 0.29) is 22.3 Å². The SMILES string of the molecule is CC(=O)O[C@H]1[C@@H](OC(C)=O)[C@@H](COC(=O)c2ccccc2)O[C@@H](C2=CC(=O)c3ccccc3C2=O)[C@@H]1OC(C)=O. The summed E-state index contributed by atoms with van der Waals surface area (Å²) in [5.74, 6) is -4.21. The summed E-state index contributed by atoms with van der Waals surface area (Å²) in [4.78, 5) is 75.4. The number of esters is 4. The van der Waals surface area contributed by atoms with Crippen LogP contribution >= 0.6 is 0 Å².